The number of aromatic hydroxyl groups is 1. The van der Waals surface area contributed by atoms with Gasteiger partial charge in [-0.05, 0) is 71.6 Å². The van der Waals surface area contributed by atoms with Gasteiger partial charge >= 0.3 is 0 Å². The summed E-state index contributed by atoms with van der Waals surface area (Å²) in [5.74, 6) is 1.01. The van der Waals surface area contributed by atoms with Gasteiger partial charge in [-0.25, -0.2) is 0 Å². The zero-order valence-electron chi connectivity index (χ0n) is 19.5. The highest BCUT2D eigenvalue weighted by Crippen LogP contribution is 2.57. The van der Waals surface area contributed by atoms with Crippen molar-refractivity contribution in [1.82, 2.24) is 0 Å². The fraction of sp³-hybridized carbons (Fsp3) is 0.538. The normalized spacial score (nSPS) is 26.3. The van der Waals surface area contributed by atoms with Gasteiger partial charge in [0.25, 0.3) is 0 Å². The van der Waals surface area contributed by atoms with Crippen LogP contribution in [0.25, 0.3) is 0 Å². The number of rotatable bonds is 2. The summed E-state index contributed by atoms with van der Waals surface area (Å²) in [5, 5.41) is 9.01. The molecule has 2 nitrogen and oxygen atoms in total. The standard InChI is InChI=1S/C20H31N.C6HCl5O/c1-14(2)15-6-8-17-16(12-15)7-9-18-19(3,13-21)10-5-11-20(17,18)4;7-1-2(8)4(10)6(12)5(11)3(1)9/h6,8,12,14,18H,5,7,9-11,13,21H2,1-4H3;12H/t18?,19-,20+;/m0./s1. The highest BCUT2D eigenvalue weighted by atomic mass is 35.5. The molecule has 0 heterocycles. The summed E-state index contributed by atoms with van der Waals surface area (Å²) in [6.07, 6.45) is 6.53. The van der Waals surface area contributed by atoms with E-state index in [0.29, 0.717) is 16.7 Å². The lowest BCUT2D eigenvalue weighted by atomic mass is 9.50. The molecule has 0 amide bonds. The number of benzene rings is 2. The summed E-state index contributed by atoms with van der Waals surface area (Å²) in [7, 11) is 0. The van der Waals surface area contributed by atoms with E-state index in [-0.39, 0.29) is 30.9 Å². The molecular weight excluding hydrogens is 520 g/mol. The van der Waals surface area contributed by atoms with Crippen molar-refractivity contribution in [1.29, 1.82) is 0 Å². The molecule has 0 aromatic heterocycles. The van der Waals surface area contributed by atoms with Crippen LogP contribution in [-0.2, 0) is 11.8 Å². The van der Waals surface area contributed by atoms with Crippen molar-refractivity contribution in [2.24, 2.45) is 17.1 Å². The van der Waals surface area contributed by atoms with Crippen LogP contribution in [0.3, 0.4) is 0 Å². The minimum absolute atomic E-state index is 0.00904. The van der Waals surface area contributed by atoms with E-state index in [1.807, 2.05) is 0 Å². The van der Waals surface area contributed by atoms with Gasteiger partial charge in [0.1, 0.15) is 10.0 Å². The predicted octanol–water partition coefficient (Wildman–Crippen LogP) is 9.44. The van der Waals surface area contributed by atoms with E-state index >= 15 is 0 Å². The van der Waals surface area contributed by atoms with E-state index in [9.17, 15) is 5.11 Å². The van der Waals surface area contributed by atoms with Crippen LogP contribution >= 0.6 is 58.0 Å². The first-order chi connectivity index (χ1) is 15.4. The molecule has 2 aliphatic rings. The zero-order valence-corrected chi connectivity index (χ0v) is 23.3. The SMILES string of the molecule is CC(C)c1ccc2c(c1)CCC1[C@](C)(CN)CCC[C@]21C.Oc1c(Cl)c(Cl)c(Cl)c(Cl)c1Cl. The lowest BCUT2D eigenvalue weighted by molar-refractivity contribution is 0.0326. The van der Waals surface area contributed by atoms with Gasteiger partial charge in [-0.1, -0.05) is 110 Å². The van der Waals surface area contributed by atoms with Gasteiger partial charge < -0.3 is 10.8 Å². The van der Waals surface area contributed by atoms with Gasteiger partial charge in [0.15, 0.2) is 5.75 Å². The molecule has 2 aromatic rings. The van der Waals surface area contributed by atoms with Crippen molar-refractivity contribution < 1.29 is 5.11 Å². The number of hydrogen-bond acceptors (Lipinski definition) is 2. The molecule has 7 heteroatoms. The first kappa shape index (κ1) is 27.2. The van der Waals surface area contributed by atoms with Crippen molar-refractivity contribution in [3.63, 3.8) is 0 Å². The molecule has 1 saturated carbocycles. The minimum Gasteiger partial charge on any atom is -0.505 e. The van der Waals surface area contributed by atoms with E-state index < -0.39 is 0 Å². The van der Waals surface area contributed by atoms with Crippen molar-refractivity contribution in [3.8, 4) is 5.75 Å². The van der Waals surface area contributed by atoms with Crippen molar-refractivity contribution in [3.05, 3.63) is 60.0 Å². The molecule has 4 rings (SSSR count). The van der Waals surface area contributed by atoms with Crippen molar-refractivity contribution in [2.45, 2.75) is 71.1 Å². The van der Waals surface area contributed by atoms with Crippen LogP contribution in [-0.4, -0.2) is 11.7 Å². The first-order valence-corrected chi connectivity index (χ1v) is 13.3. The average molecular weight is 552 g/mol. The lowest BCUT2D eigenvalue weighted by Crippen LogP contribution is -2.51. The molecule has 0 bridgehead atoms. The molecule has 2 aromatic carbocycles. The van der Waals surface area contributed by atoms with E-state index in [2.05, 4.69) is 45.9 Å². The van der Waals surface area contributed by atoms with Crippen molar-refractivity contribution in [2.75, 3.05) is 6.54 Å². The van der Waals surface area contributed by atoms with E-state index in [0.717, 1.165) is 12.5 Å². The van der Waals surface area contributed by atoms with Gasteiger partial charge in [-0.3, -0.25) is 0 Å². The van der Waals surface area contributed by atoms with Crippen LogP contribution in [0.1, 0.15) is 76.0 Å². The zero-order chi connectivity index (χ0) is 24.7. The van der Waals surface area contributed by atoms with Gasteiger partial charge in [0, 0.05) is 0 Å². The lowest BCUT2D eigenvalue weighted by Gasteiger charge is -2.55. The summed E-state index contributed by atoms with van der Waals surface area (Å²) in [4.78, 5) is 0. The number of fused-ring (bicyclic) bond motifs is 3. The molecule has 33 heavy (non-hydrogen) atoms. The maximum absolute atomic E-state index is 9.20. The third kappa shape index (κ3) is 4.99. The fourth-order valence-electron chi connectivity index (χ4n) is 5.84. The molecule has 1 unspecified atom stereocenters. The number of phenolic OH excluding ortho intramolecular Hbond substituents is 1. The molecular formula is C26H32Cl5NO. The molecule has 1 fully saturated rings. The number of halogens is 5. The number of hydrogen-bond donors (Lipinski definition) is 2. The Morgan fingerprint density at radius 3 is 2.09 bits per heavy atom. The van der Waals surface area contributed by atoms with Gasteiger partial charge in [-0.2, -0.15) is 0 Å². The second-order valence-corrected chi connectivity index (χ2v) is 12.1. The van der Waals surface area contributed by atoms with Crippen LogP contribution in [0.4, 0.5) is 0 Å². The third-order valence-corrected chi connectivity index (χ3v) is 10.1. The molecule has 0 saturated heterocycles. The number of nitrogens with two attached hydrogens (primary N) is 1. The van der Waals surface area contributed by atoms with Gasteiger partial charge in [-0.15, -0.1) is 0 Å². The highest BCUT2D eigenvalue weighted by Gasteiger charge is 2.50. The van der Waals surface area contributed by atoms with Crippen LogP contribution in [0.5, 0.6) is 5.75 Å². The fourth-order valence-corrected chi connectivity index (χ4v) is 6.97. The minimum atomic E-state index is -0.363. The van der Waals surface area contributed by atoms with Crippen LogP contribution in [0.2, 0.25) is 25.1 Å². The Balaban J connectivity index is 0.000000218. The Morgan fingerprint density at radius 2 is 1.55 bits per heavy atom. The molecule has 0 aliphatic heterocycles. The van der Waals surface area contributed by atoms with Gasteiger partial charge in [0.05, 0.1) is 15.1 Å². The van der Waals surface area contributed by atoms with Crippen LogP contribution in [0, 0.1) is 11.3 Å². The van der Waals surface area contributed by atoms with E-state index in [4.69, 9.17) is 63.7 Å². The van der Waals surface area contributed by atoms with E-state index in [1.165, 1.54) is 37.7 Å². The quantitative estimate of drug-likeness (QED) is 0.288. The Bertz CT molecular complexity index is 935. The van der Waals surface area contributed by atoms with E-state index in [1.54, 1.807) is 11.1 Å². The smallest absolute Gasteiger partial charge is 0.155 e. The molecule has 182 valence electrons. The topological polar surface area (TPSA) is 46.2 Å². The van der Waals surface area contributed by atoms with Crippen LogP contribution in [0.15, 0.2) is 18.2 Å². The average Bonchev–Trinajstić information content (AvgIpc) is 2.80. The summed E-state index contributed by atoms with van der Waals surface area (Å²) in [5.41, 5.74) is 11.6. The van der Waals surface area contributed by atoms with Gasteiger partial charge in [0.2, 0.25) is 0 Å². The second-order valence-electron chi connectivity index (χ2n) is 10.2. The summed E-state index contributed by atoms with van der Waals surface area (Å²) >= 11 is 27.9. The largest absolute Gasteiger partial charge is 0.505 e. The Kier molecular flexibility index (Phi) is 8.53. The monoisotopic (exact) mass is 549 g/mol. The van der Waals surface area contributed by atoms with Crippen LogP contribution < -0.4 is 5.73 Å². The highest BCUT2D eigenvalue weighted by molar-refractivity contribution is 6.55. The summed E-state index contributed by atoms with van der Waals surface area (Å²) in [6.45, 7) is 10.4. The number of aryl methyl sites for hydroxylation is 1. The Hall–Kier alpha value is -0.350. The Labute approximate surface area is 222 Å². The summed E-state index contributed by atoms with van der Waals surface area (Å²) in [6, 6.07) is 7.29. The molecule has 3 atom stereocenters. The molecule has 2 aliphatic carbocycles. The second kappa shape index (κ2) is 10.3. The maximum atomic E-state index is 9.20. The summed E-state index contributed by atoms with van der Waals surface area (Å²) < 4.78 is 0. The number of phenols is 1. The van der Waals surface area contributed by atoms with Crippen molar-refractivity contribution >= 4 is 58.0 Å². The molecule has 0 radical (unpaired) electrons. The maximum Gasteiger partial charge on any atom is 0.155 e. The third-order valence-electron chi connectivity index (χ3n) is 7.82. The first-order valence-electron chi connectivity index (χ1n) is 11.4. The molecule has 3 N–H and O–H groups in total. The predicted molar refractivity (Wildman–Crippen MR) is 144 cm³/mol. The molecule has 0 spiro atoms. The Morgan fingerprint density at radius 1 is 0.970 bits per heavy atom.